The molecule has 7 heteroatoms. The molecule has 0 N–H and O–H groups in total. The predicted molar refractivity (Wildman–Crippen MR) is 112 cm³/mol. The summed E-state index contributed by atoms with van der Waals surface area (Å²) in [6.45, 7) is 6.55. The minimum Gasteiger partial charge on any atom is -0.497 e. The van der Waals surface area contributed by atoms with Gasteiger partial charge in [-0.1, -0.05) is 17.3 Å². The second-order valence-electron chi connectivity index (χ2n) is 7.83. The van der Waals surface area contributed by atoms with Gasteiger partial charge in [-0.05, 0) is 41.5 Å². The molecule has 0 aliphatic carbocycles. The Balaban J connectivity index is 1.13. The molecule has 1 aromatic heterocycles. The lowest BCUT2D eigenvalue weighted by Gasteiger charge is -2.34. The number of piperazine rings is 1. The highest BCUT2D eigenvalue weighted by atomic mass is 16.5. The lowest BCUT2D eigenvalue weighted by molar-refractivity contribution is 0.112. The Morgan fingerprint density at radius 2 is 1.73 bits per heavy atom. The first-order valence-electron chi connectivity index (χ1n) is 10.4. The lowest BCUT2D eigenvalue weighted by atomic mass is 10.1. The molecule has 5 rings (SSSR count). The number of fused-ring (bicyclic) bond motifs is 1. The van der Waals surface area contributed by atoms with E-state index < -0.39 is 0 Å². The number of hydrogen-bond acceptors (Lipinski definition) is 7. The van der Waals surface area contributed by atoms with Crippen molar-refractivity contribution in [1.29, 1.82) is 0 Å². The van der Waals surface area contributed by atoms with Crippen molar-refractivity contribution < 1.29 is 14.0 Å². The first kappa shape index (κ1) is 19.1. The molecule has 0 saturated carbocycles. The number of nitrogens with zero attached hydrogens (tertiary/aromatic N) is 4. The fraction of sp³-hybridized carbons (Fsp3) is 0.391. The van der Waals surface area contributed by atoms with Gasteiger partial charge in [-0.3, -0.25) is 9.80 Å². The molecule has 0 atom stereocenters. The molecule has 1 saturated heterocycles. The zero-order valence-corrected chi connectivity index (χ0v) is 17.2. The van der Waals surface area contributed by atoms with E-state index in [4.69, 9.17) is 14.0 Å². The van der Waals surface area contributed by atoms with Gasteiger partial charge < -0.3 is 14.0 Å². The summed E-state index contributed by atoms with van der Waals surface area (Å²) in [7, 11) is 1.65. The third-order valence-corrected chi connectivity index (χ3v) is 5.80. The highest BCUT2D eigenvalue weighted by Gasteiger charge is 2.20. The molecular weight excluding hydrogens is 380 g/mol. The maximum Gasteiger partial charge on any atom is 0.241 e. The molecule has 2 aromatic carbocycles. The van der Waals surface area contributed by atoms with Gasteiger partial charge in [0.2, 0.25) is 11.7 Å². The van der Waals surface area contributed by atoms with E-state index in [-0.39, 0.29) is 0 Å². The van der Waals surface area contributed by atoms with Crippen molar-refractivity contribution in [2.45, 2.75) is 19.5 Å². The average Bonchev–Trinajstić information content (AvgIpc) is 3.44. The monoisotopic (exact) mass is 406 g/mol. The van der Waals surface area contributed by atoms with Crippen LogP contribution in [0.1, 0.15) is 17.0 Å². The van der Waals surface area contributed by atoms with Crippen LogP contribution >= 0.6 is 0 Å². The van der Waals surface area contributed by atoms with Gasteiger partial charge in [0, 0.05) is 44.7 Å². The zero-order valence-electron chi connectivity index (χ0n) is 17.2. The topological polar surface area (TPSA) is 63.9 Å². The summed E-state index contributed by atoms with van der Waals surface area (Å²) >= 11 is 0. The summed E-state index contributed by atoms with van der Waals surface area (Å²) in [5.74, 6) is 3.14. The fourth-order valence-electron chi connectivity index (χ4n) is 4.07. The predicted octanol–water partition coefficient (Wildman–Crippen LogP) is 3.00. The minimum absolute atomic E-state index is 0.617. The number of aromatic nitrogens is 2. The zero-order chi connectivity index (χ0) is 20.3. The summed E-state index contributed by atoms with van der Waals surface area (Å²) in [6.07, 6.45) is 1.03. The van der Waals surface area contributed by atoms with E-state index >= 15 is 0 Å². The third-order valence-electron chi connectivity index (χ3n) is 5.80. The van der Waals surface area contributed by atoms with Gasteiger partial charge in [0.15, 0.2) is 0 Å². The molecule has 3 heterocycles. The Kier molecular flexibility index (Phi) is 5.38. The van der Waals surface area contributed by atoms with Crippen LogP contribution in [0.15, 0.2) is 47.0 Å². The summed E-state index contributed by atoms with van der Waals surface area (Å²) in [6, 6.07) is 14.3. The second-order valence-corrected chi connectivity index (χ2v) is 7.83. The van der Waals surface area contributed by atoms with Gasteiger partial charge in [0.05, 0.1) is 20.3 Å². The number of ether oxygens (including phenoxy) is 2. The summed E-state index contributed by atoms with van der Waals surface area (Å²) < 4.78 is 16.3. The van der Waals surface area contributed by atoms with Crippen LogP contribution in [0, 0.1) is 0 Å². The highest BCUT2D eigenvalue weighted by Crippen LogP contribution is 2.26. The van der Waals surface area contributed by atoms with Crippen LogP contribution in [0.25, 0.3) is 11.4 Å². The number of methoxy groups -OCH3 is 1. The van der Waals surface area contributed by atoms with Crippen LogP contribution < -0.4 is 9.47 Å². The minimum atomic E-state index is 0.617. The maximum absolute atomic E-state index is 5.61. The summed E-state index contributed by atoms with van der Waals surface area (Å²) in [5, 5.41) is 4.13. The van der Waals surface area contributed by atoms with Crippen LogP contribution in [0.4, 0.5) is 0 Å². The van der Waals surface area contributed by atoms with Gasteiger partial charge in [-0.25, -0.2) is 0 Å². The van der Waals surface area contributed by atoms with Crippen LogP contribution in [-0.2, 0) is 19.5 Å². The Morgan fingerprint density at radius 1 is 0.967 bits per heavy atom. The average molecular weight is 406 g/mol. The molecule has 7 nitrogen and oxygen atoms in total. The van der Waals surface area contributed by atoms with Crippen molar-refractivity contribution in [3.63, 3.8) is 0 Å². The van der Waals surface area contributed by atoms with E-state index in [1.807, 2.05) is 24.3 Å². The Hall–Kier alpha value is -2.90. The molecule has 0 unspecified atom stereocenters. The number of hydrogen-bond donors (Lipinski definition) is 0. The molecule has 2 aliphatic rings. The van der Waals surface area contributed by atoms with Crippen molar-refractivity contribution >= 4 is 0 Å². The molecular formula is C23H26N4O3. The Morgan fingerprint density at radius 3 is 2.50 bits per heavy atom. The van der Waals surface area contributed by atoms with Gasteiger partial charge >= 0.3 is 0 Å². The summed E-state index contributed by atoms with van der Waals surface area (Å²) in [4.78, 5) is 9.44. The standard InChI is InChI=1S/C23H26N4O3/c1-28-20-5-3-18(4-6-20)23-24-22(30-25-23)16-27-11-9-26(10-12-27)15-17-2-7-21-19(14-17)8-13-29-21/h2-7,14H,8-13,15-16H2,1H3. The van der Waals surface area contributed by atoms with Crippen LogP contribution in [0.5, 0.6) is 11.5 Å². The quantitative estimate of drug-likeness (QED) is 0.624. The number of rotatable bonds is 6. The first-order valence-corrected chi connectivity index (χ1v) is 10.4. The van der Waals surface area contributed by atoms with Gasteiger partial charge in [-0.15, -0.1) is 0 Å². The molecule has 0 bridgehead atoms. The number of benzene rings is 2. The molecule has 1 fully saturated rings. The molecule has 2 aliphatic heterocycles. The molecule has 0 radical (unpaired) electrons. The Bertz CT molecular complexity index is 994. The van der Waals surface area contributed by atoms with Crippen LogP contribution in [0.3, 0.4) is 0 Å². The fourth-order valence-corrected chi connectivity index (χ4v) is 4.07. The normalized spacial score (nSPS) is 17.0. The first-order chi connectivity index (χ1) is 14.8. The molecule has 30 heavy (non-hydrogen) atoms. The molecule has 0 spiro atoms. The van der Waals surface area contributed by atoms with Crippen LogP contribution in [-0.4, -0.2) is 59.8 Å². The second kappa shape index (κ2) is 8.45. The van der Waals surface area contributed by atoms with E-state index in [1.54, 1.807) is 7.11 Å². The maximum atomic E-state index is 5.61. The van der Waals surface area contributed by atoms with Crippen molar-refractivity contribution in [2.24, 2.45) is 0 Å². The highest BCUT2D eigenvalue weighted by molar-refractivity contribution is 5.55. The molecule has 156 valence electrons. The third kappa shape index (κ3) is 4.17. The van der Waals surface area contributed by atoms with Gasteiger partial charge in [0.1, 0.15) is 11.5 Å². The van der Waals surface area contributed by atoms with E-state index in [2.05, 4.69) is 38.1 Å². The molecule has 3 aromatic rings. The summed E-state index contributed by atoms with van der Waals surface area (Å²) in [5.41, 5.74) is 3.64. The van der Waals surface area contributed by atoms with Crippen molar-refractivity contribution in [1.82, 2.24) is 19.9 Å². The van der Waals surface area contributed by atoms with Crippen molar-refractivity contribution in [3.8, 4) is 22.9 Å². The Labute approximate surface area is 176 Å². The van der Waals surface area contributed by atoms with Crippen LogP contribution in [0.2, 0.25) is 0 Å². The SMILES string of the molecule is COc1ccc(-c2noc(CN3CCN(Cc4ccc5c(c4)CCO5)CC3)n2)cc1. The van der Waals surface area contributed by atoms with Crippen molar-refractivity contribution in [2.75, 3.05) is 39.9 Å². The van der Waals surface area contributed by atoms with E-state index in [0.717, 1.165) is 62.8 Å². The van der Waals surface area contributed by atoms with E-state index in [1.165, 1.54) is 11.1 Å². The van der Waals surface area contributed by atoms with E-state index in [0.29, 0.717) is 18.3 Å². The van der Waals surface area contributed by atoms with Gasteiger partial charge in [0.25, 0.3) is 0 Å². The lowest BCUT2D eigenvalue weighted by Crippen LogP contribution is -2.45. The van der Waals surface area contributed by atoms with Crippen molar-refractivity contribution in [3.05, 3.63) is 59.5 Å². The largest absolute Gasteiger partial charge is 0.497 e. The van der Waals surface area contributed by atoms with Gasteiger partial charge in [-0.2, -0.15) is 4.98 Å². The smallest absolute Gasteiger partial charge is 0.241 e. The molecule has 0 amide bonds. The van der Waals surface area contributed by atoms with E-state index in [9.17, 15) is 0 Å².